The van der Waals surface area contributed by atoms with Crippen molar-refractivity contribution in [2.45, 2.75) is 68.7 Å². The fraction of sp³-hybridized carbons (Fsp3) is 0.459. The van der Waals surface area contributed by atoms with Crippen molar-refractivity contribution in [3.63, 3.8) is 0 Å². The number of rotatable bonds is 14. The van der Waals surface area contributed by atoms with Crippen molar-refractivity contribution in [3.8, 4) is 6.07 Å². The molecule has 0 atom stereocenters. The molecule has 0 bridgehead atoms. The Morgan fingerprint density at radius 1 is 1.19 bits per heavy atom. The number of carbonyl (C=O) groups is 1. The number of likely N-dealkylation sites (N-methyl/N-ethyl adjacent to an activating group) is 2. The van der Waals surface area contributed by atoms with Crippen LogP contribution in [0.25, 0.3) is 5.70 Å². The number of aryl methyl sites for hydroxylation is 1. The largest absolute Gasteiger partial charge is 0.397 e. The lowest BCUT2D eigenvalue weighted by atomic mass is 9.96. The summed E-state index contributed by atoms with van der Waals surface area (Å²) in [4.78, 5) is 18.1. The molecule has 0 fully saturated rings. The third kappa shape index (κ3) is 12.6. The van der Waals surface area contributed by atoms with Crippen LogP contribution >= 0.6 is 0 Å². The van der Waals surface area contributed by atoms with E-state index >= 15 is 0 Å². The van der Waals surface area contributed by atoms with Crippen LogP contribution in [0.2, 0.25) is 0 Å². The van der Waals surface area contributed by atoms with Crippen LogP contribution in [0.1, 0.15) is 73.1 Å². The maximum absolute atomic E-state index is 13.6. The van der Waals surface area contributed by atoms with Gasteiger partial charge in [0.15, 0.2) is 0 Å². The second-order valence-corrected chi connectivity index (χ2v) is 11.6. The van der Waals surface area contributed by atoms with Crippen LogP contribution < -0.4 is 16.9 Å². The summed E-state index contributed by atoms with van der Waals surface area (Å²) in [6.07, 6.45) is 17.1. The van der Waals surface area contributed by atoms with Crippen LogP contribution in [0.15, 0.2) is 88.9 Å². The number of amides is 1. The summed E-state index contributed by atoms with van der Waals surface area (Å²) < 4.78 is 1.75. The Bertz CT molecular complexity index is 1500. The first-order valence-electron chi connectivity index (χ1n) is 16.3. The fourth-order valence-electron chi connectivity index (χ4n) is 4.38. The smallest absolute Gasteiger partial charge is 0.255 e. The second-order valence-electron chi connectivity index (χ2n) is 11.6. The lowest BCUT2D eigenvalue weighted by Gasteiger charge is -2.26. The number of nitrogens with one attached hydrogen (secondary N) is 1. The normalized spacial score (nSPS) is 14.0. The van der Waals surface area contributed by atoms with Crippen molar-refractivity contribution in [3.05, 3.63) is 100 Å². The minimum Gasteiger partial charge on any atom is -0.397 e. The highest BCUT2D eigenvalue weighted by Crippen LogP contribution is 2.22. The van der Waals surface area contributed by atoms with E-state index in [1.54, 1.807) is 29.2 Å². The summed E-state index contributed by atoms with van der Waals surface area (Å²) in [6.45, 7) is 20.9. The molecule has 1 amide bonds. The summed E-state index contributed by atoms with van der Waals surface area (Å²) in [6, 6.07) is 2.27. The zero-order valence-corrected chi connectivity index (χ0v) is 30.5. The number of hydrogen-bond donors (Lipinski definition) is 3. The van der Waals surface area contributed by atoms with Gasteiger partial charge in [-0.3, -0.25) is 14.5 Å². The number of aromatic nitrogens is 2. The van der Waals surface area contributed by atoms with Crippen molar-refractivity contribution in [1.29, 1.82) is 5.26 Å². The van der Waals surface area contributed by atoms with Crippen LogP contribution in [0, 0.1) is 23.7 Å². The molecule has 0 saturated carbocycles. The molecular weight excluding hydrogens is 586 g/mol. The molecule has 256 valence electrons. The molecule has 1 aliphatic carbocycles. The first-order chi connectivity index (χ1) is 22.3. The third-order valence-corrected chi connectivity index (χ3v) is 7.70. The quantitative estimate of drug-likeness (QED) is 0.0764. The number of nitriles is 1. The van der Waals surface area contributed by atoms with E-state index in [9.17, 15) is 10.1 Å². The third-order valence-electron chi connectivity index (χ3n) is 7.70. The molecule has 1 aliphatic rings. The Labute approximate surface area is 283 Å². The van der Waals surface area contributed by atoms with Gasteiger partial charge in [-0.2, -0.15) is 10.4 Å². The molecule has 10 nitrogen and oxygen atoms in total. The molecule has 2 rings (SSSR count). The molecule has 47 heavy (non-hydrogen) atoms. The molecule has 0 saturated heterocycles. The molecule has 0 radical (unpaired) electrons. The first-order valence-corrected chi connectivity index (χ1v) is 16.3. The van der Waals surface area contributed by atoms with Crippen molar-refractivity contribution in [1.82, 2.24) is 29.9 Å². The first kappa shape index (κ1) is 40.5. The Morgan fingerprint density at radius 2 is 1.87 bits per heavy atom. The Hall–Kier alpha value is -4.55. The van der Waals surface area contributed by atoms with E-state index in [-0.39, 0.29) is 5.91 Å². The maximum atomic E-state index is 13.6. The van der Waals surface area contributed by atoms with Gasteiger partial charge in [-0.15, -0.1) is 5.73 Å². The Morgan fingerprint density at radius 3 is 2.43 bits per heavy atom. The van der Waals surface area contributed by atoms with E-state index in [1.807, 2.05) is 85.9 Å². The number of nitrogens with two attached hydrogens (primary N) is 2. The minimum absolute atomic E-state index is 0.252. The molecule has 0 aromatic carbocycles. The minimum atomic E-state index is -0.655. The summed E-state index contributed by atoms with van der Waals surface area (Å²) >= 11 is 0. The lowest BCUT2D eigenvalue weighted by molar-refractivity contribution is -0.116. The summed E-state index contributed by atoms with van der Waals surface area (Å²) in [5.74, 6) is 6.23. The van der Waals surface area contributed by atoms with E-state index in [2.05, 4.69) is 52.9 Å². The molecule has 1 aromatic rings. The molecule has 0 aliphatic heterocycles. The van der Waals surface area contributed by atoms with Gasteiger partial charge in [-0.05, 0) is 85.4 Å². The van der Waals surface area contributed by atoms with Crippen molar-refractivity contribution in [2.24, 2.45) is 24.0 Å². The van der Waals surface area contributed by atoms with Crippen LogP contribution in [0.3, 0.4) is 0 Å². The second kappa shape index (κ2) is 19.9. The average Bonchev–Trinajstić information content (AvgIpc) is 3.27. The van der Waals surface area contributed by atoms with Crippen molar-refractivity contribution in [2.75, 3.05) is 33.2 Å². The maximum Gasteiger partial charge on any atom is 0.255 e. The summed E-state index contributed by atoms with van der Waals surface area (Å²) in [7, 11) is 3.94. The van der Waals surface area contributed by atoms with Crippen LogP contribution in [-0.2, 0) is 11.8 Å². The molecule has 5 N–H and O–H groups in total. The molecule has 0 unspecified atom stereocenters. The van der Waals surface area contributed by atoms with E-state index in [0.717, 1.165) is 48.7 Å². The Kier molecular flexibility index (Phi) is 17.1. The van der Waals surface area contributed by atoms with Gasteiger partial charge in [0.25, 0.3) is 5.91 Å². The SMILES string of the molecule is C/C=C(\C=C(/C=C=CC(C)(C)C#N)N(CC)CCN(C)CC)C(=O)NC1=CCC=C(C)C(N(N)/C=C(\N)c2cnn(C)c2C)=C1.CC. The zero-order chi connectivity index (χ0) is 35.7. The highest BCUT2D eigenvalue weighted by Gasteiger charge is 2.16. The lowest BCUT2D eigenvalue weighted by Crippen LogP contribution is -2.32. The van der Waals surface area contributed by atoms with E-state index in [1.165, 1.54) is 5.01 Å². The number of nitrogens with zero attached hydrogens (tertiary/aromatic N) is 6. The summed E-state index contributed by atoms with van der Waals surface area (Å²) in [5, 5.41) is 18.2. The number of carbonyl (C=O) groups excluding carboxylic acids is 1. The molecule has 10 heteroatoms. The van der Waals surface area contributed by atoms with Crippen LogP contribution in [0.5, 0.6) is 0 Å². The molecule has 0 spiro atoms. The van der Waals surface area contributed by atoms with Crippen LogP contribution in [-0.4, -0.2) is 63.7 Å². The molecule has 1 aromatic heterocycles. The van der Waals surface area contributed by atoms with Gasteiger partial charge in [0.05, 0.1) is 29.1 Å². The van der Waals surface area contributed by atoms with Gasteiger partial charge in [0.2, 0.25) is 0 Å². The van der Waals surface area contributed by atoms with E-state index in [0.29, 0.717) is 29.1 Å². The number of allylic oxidation sites excluding steroid dienone is 6. The summed E-state index contributed by atoms with van der Waals surface area (Å²) in [5.41, 5.74) is 14.7. The Balaban J connectivity index is 0.00000541. The molecule has 1 heterocycles. The zero-order valence-electron chi connectivity index (χ0n) is 30.5. The average molecular weight is 644 g/mol. The monoisotopic (exact) mass is 643 g/mol. The fourth-order valence-corrected chi connectivity index (χ4v) is 4.38. The predicted molar refractivity (Wildman–Crippen MR) is 194 cm³/mol. The van der Waals surface area contributed by atoms with E-state index in [4.69, 9.17) is 11.6 Å². The van der Waals surface area contributed by atoms with Crippen LogP contribution in [0.4, 0.5) is 0 Å². The van der Waals surface area contributed by atoms with Crippen molar-refractivity contribution < 1.29 is 4.79 Å². The van der Waals surface area contributed by atoms with Gasteiger partial charge in [-0.25, -0.2) is 5.84 Å². The van der Waals surface area contributed by atoms with E-state index < -0.39 is 5.41 Å². The van der Waals surface area contributed by atoms with Gasteiger partial charge in [-0.1, -0.05) is 39.0 Å². The predicted octanol–water partition coefficient (Wildman–Crippen LogP) is 5.79. The highest BCUT2D eigenvalue weighted by atomic mass is 16.1. The number of hydrogen-bond acceptors (Lipinski definition) is 8. The molecular formula is C37H57N9O. The van der Waals surface area contributed by atoms with Crippen molar-refractivity contribution >= 4 is 11.6 Å². The van der Waals surface area contributed by atoms with Gasteiger partial charge in [0.1, 0.15) is 0 Å². The van der Waals surface area contributed by atoms with Gasteiger partial charge in [0, 0.05) is 67.2 Å². The van der Waals surface area contributed by atoms with Gasteiger partial charge >= 0.3 is 0 Å². The van der Waals surface area contributed by atoms with Gasteiger partial charge < -0.3 is 20.9 Å². The topological polar surface area (TPSA) is 132 Å². The standard InChI is InChI=1S/C35H51N9O.C2H6/c1-10-28(21-30(17-14-18-35(6,7)25-36)43(12-3)20-19-41(8)11-2)34(45)40-29-16-13-15-26(4)33(22-29)44(38)24-32(37)31-23-39-42(9)27(31)5;1-2/h10,15-18,21-24H,11-13,19-20,37-38H2,1-9H3,(H,40,45);1-2H3/b28-10+,30-21+,32-24-;. The number of hydrazine groups is 1. The highest BCUT2D eigenvalue weighted by molar-refractivity contribution is 5.97.